The third-order valence-electron chi connectivity index (χ3n) is 2.78. The molecule has 0 radical (unpaired) electrons. The normalized spacial score (nSPS) is 10.2. The Morgan fingerprint density at radius 2 is 1.95 bits per heavy atom. The first-order valence-corrected chi connectivity index (χ1v) is 6.54. The summed E-state index contributed by atoms with van der Waals surface area (Å²) in [6.45, 7) is 2.64. The molecular weight excluding hydrogens is 275 g/mol. The Morgan fingerprint density at radius 3 is 2.57 bits per heavy atom. The van der Waals surface area contributed by atoms with Gasteiger partial charge in [0.2, 0.25) is 5.82 Å². The van der Waals surface area contributed by atoms with E-state index in [0.29, 0.717) is 12.3 Å². The molecule has 0 saturated heterocycles. The Hall–Kier alpha value is -2.63. The number of rotatable bonds is 6. The van der Waals surface area contributed by atoms with E-state index in [-0.39, 0.29) is 5.69 Å². The van der Waals surface area contributed by atoms with E-state index in [2.05, 4.69) is 5.32 Å². The second-order valence-corrected chi connectivity index (χ2v) is 4.39. The van der Waals surface area contributed by atoms with Crippen LogP contribution in [0.3, 0.4) is 0 Å². The van der Waals surface area contributed by atoms with Crippen molar-refractivity contribution in [2.45, 2.75) is 13.3 Å². The van der Waals surface area contributed by atoms with Gasteiger partial charge in [-0.3, -0.25) is 10.1 Å². The molecular formula is C15H15FN2O3. The number of ether oxygens (including phenoxy) is 1. The minimum absolute atomic E-state index is 0.113. The maximum Gasteiger partial charge on any atom is 0.327 e. The van der Waals surface area contributed by atoms with E-state index in [1.807, 2.05) is 6.92 Å². The largest absolute Gasteiger partial charge is 0.494 e. The van der Waals surface area contributed by atoms with Crippen molar-refractivity contribution in [3.63, 3.8) is 0 Å². The highest BCUT2D eigenvalue weighted by Gasteiger charge is 2.19. The molecule has 0 unspecified atom stereocenters. The van der Waals surface area contributed by atoms with Crippen molar-refractivity contribution in [1.82, 2.24) is 0 Å². The Bertz CT molecular complexity index is 629. The first-order valence-electron chi connectivity index (χ1n) is 6.54. The number of nitrogens with zero attached hydrogens (tertiary/aromatic N) is 1. The number of hydrogen-bond donors (Lipinski definition) is 1. The lowest BCUT2D eigenvalue weighted by Gasteiger charge is -2.09. The Kier molecular flexibility index (Phi) is 4.71. The van der Waals surface area contributed by atoms with Crippen LogP contribution in [0, 0.1) is 15.9 Å². The van der Waals surface area contributed by atoms with Gasteiger partial charge in [0.25, 0.3) is 0 Å². The number of para-hydroxylation sites is 1. The molecule has 21 heavy (non-hydrogen) atoms. The maximum absolute atomic E-state index is 13.5. The quantitative estimate of drug-likeness (QED) is 0.637. The minimum Gasteiger partial charge on any atom is -0.494 e. The van der Waals surface area contributed by atoms with Crippen molar-refractivity contribution in [1.29, 1.82) is 0 Å². The summed E-state index contributed by atoms with van der Waals surface area (Å²) < 4.78 is 19.0. The molecule has 6 heteroatoms. The average Bonchev–Trinajstić information content (AvgIpc) is 2.46. The highest BCUT2D eigenvalue weighted by Crippen LogP contribution is 2.30. The number of hydrogen-bond acceptors (Lipinski definition) is 4. The van der Waals surface area contributed by atoms with Gasteiger partial charge in [-0.15, -0.1) is 0 Å². The fourth-order valence-electron chi connectivity index (χ4n) is 1.81. The van der Waals surface area contributed by atoms with Gasteiger partial charge < -0.3 is 10.1 Å². The Labute approximate surface area is 121 Å². The van der Waals surface area contributed by atoms with E-state index in [9.17, 15) is 14.5 Å². The number of nitro groups is 1. The number of benzene rings is 2. The van der Waals surface area contributed by atoms with Crippen LogP contribution < -0.4 is 10.1 Å². The fraction of sp³-hybridized carbons (Fsp3) is 0.200. The lowest BCUT2D eigenvalue weighted by atomic mass is 10.2. The standard InChI is InChI=1S/C15H15FN2O3/c1-2-10-21-12-8-6-11(7-9-12)17-14-5-3-4-13(16)15(14)18(19)20/h3-9,17H,2,10H2,1H3. The summed E-state index contributed by atoms with van der Waals surface area (Å²) in [5.41, 5.74) is 0.165. The van der Waals surface area contributed by atoms with Crippen LogP contribution in [0.1, 0.15) is 13.3 Å². The molecule has 0 atom stereocenters. The molecule has 0 aliphatic heterocycles. The minimum atomic E-state index is -0.868. The highest BCUT2D eigenvalue weighted by molar-refractivity contribution is 5.70. The molecule has 0 aliphatic carbocycles. The van der Waals surface area contributed by atoms with Crippen molar-refractivity contribution in [2.24, 2.45) is 0 Å². The highest BCUT2D eigenvalue weighted by atomic mass is 19.1. The topological polar surface area (TPSA) is 64.4 Å². The average molecular weight is 290 g/mol. The molecule has 1 N–H and O–H groups in total. The van der Waals surface area contributed by atoms with Crippen LogP contribution in [-0.4, -0.2) is 11.5 Å². The van der Waals surface area contributed by atoms with Gasteiger partial charge in [0.15, 0.2) is 0 Å². The van der Waals surface area contributed by atoms with Crippen molar-refractivity contribution in [3.05, 3.63) is 58.4 Å². The lowest BCUT2D eigenvalue weighted by molar-refractivity contribution is -0.386. The SMILES string of the molecule is CCCOc1ccc(Nc2cccc(F)c2[N+](=O)[O-])cc1. The van der Waals surface area contributed by atoms with Gasteiger partial charge in [-0.2, -0.15) is 4.39 Å². The number of anilines is 2. The summed E-state index contributed by atoms with van der Waals surface area (Å²) in [6, 6.07) is 10.9. The fourth-order valence-corrected chi connectivity index (χ4v) is 1.81. The van der Waals surface area contributed by atoms with Crippen LogP contribution in [0.5, 0.6) is 5.75 Å². The third-order valence-corrected chi connectivity index (χ3v) is 2.78. The summed E-state index contributed by atoms with van der Waals surface area (Å²) in [6.07, 6.45) is 0.912. The third kappa shape index (κ3) is 3.68. The van der Waals surface area contributed by atoms with Crippen LogP contribution in [0.25, 0.3) is 0 Å². The van der Waals surface area contributed by atoms with Crippen molar-refractivity contribution in [2.75, 3.05) is 11.9 Å². The zero-order chi connectivity index (χ0) is 15.2. The molecule has 0 heterocycles. The molecule has 2 aromatic rings. The summed E-state index contributed by atoms with van der Waals surface area (Å²) in [5.74, 6) is -0.149. The Morgan fingerprint density at radius 1 is 1.24 bits per heavy atom. The van der Waals surface area contributed by atoms with Crippen LogP contribution in [0.4, 0.5) is 21.5 Å². The second-order valence-electron chi connectivity index (χ2n) is 4.39. The molecule has 0 saturated carbocycles. The first kappa shape index (κ1) is 14.8. The number of nitro benzene ring substituents is 1. The van der Waals surface area contributed by atoms with E-state index >= 15 is 0 Å². The summed E-state index contributed by atoms with van der Waals surface area (Å²) in [7, 11) is 0. The van der Waals surface area contributed by atoms with Crippen LogP contribution in [-0.2, 0) is 0 Å². The van der Waals surface area contributed by atoms with E-state index < -0.39 is 16.4 Å². The predicted molar refractivity (Wildman–Crippen MR) is 78.6 cm³/mol. The van der Waals surface area contributed by atoms with Crippen molar-refractivity contribution < 1.29 is 14.1 Å². The lowest BCUT2D eigenvalue weighted by Crippen LogP contribution is -2.00. The molecule has 2 aromatic carbocycles. The number of halogens is 1. The second kappa shape index (κ2) is 6.69. The monoisotopic (exact) mass is 290 g/mol. The van der Waals surface area contributed by atoms with E-state index in [4.69, 9.17) is 4.74 Å². The first-order chi connectivity index (χ1) is 10.1. The van der Waals surface area contributed by atoms with E-state index in [1.54, 1.807) is 24.3 Å². The van der Waals surface area contributed by atoms with Gasteiger partial charge in [0.05, 0.1) is 11.5 Å². The molecule has 0 amide bonds. The van der Waals surface area contributed by atoms with Gasteiger partial charge in [0, 0.05) is 5.69 Å². The van der Waals surface area contributed by atoms with Gasteiger partial charge in [-0.05, 0) is 42.8 Å². The Balaban J connectivity index is 2.19. The van der Waals surface area contributed by atoms with Gasteiger partial charge >= 0.3 is 5.69 Å². The smallest absolute Gasteiger partial charge is 0.327 e. The van der Waals surface area contributed by atoms with Crippen LogP contribution in [0.2, 0.25) is 0 Å². The molecule has 0 fully saturated rings. The number of nitrogens with one attached hydrogen (secondary N) is 1. The zero-order valence-corrected chi connectivity index (χ0v) is 11.5. The van der Waals surface area contributed by atoms with Crippen molar-refractivity contribution in [3.8, 4) is 5.75 Å². The summed E-state index contributed by atoms with van der Waals surface area (Å²) in [4.78, 5) is 10.2. The maximum atomic E-state index is 13.5. The predicted octanol–water partition coefficient (Wildman–Crippen LogP) is 4.27. The summed E-state index contributed by atoms with van der Waals surface area (Å²) >= 11 is 0. The molecule has 0 aliphatic rings. The molecule has 0 bridgehead atoms. The summed E-state index contributed by atoms with van der Waals surface area (Å²) in [5, 5.41) is 13.8. The molecule has 0 aromatic heterocycles. The van der Waals surface area contributed by atoms with Crippen molar-refractivity contribution >= 4 is 17.1 Å². The van der Waals surface area contributed by atoms with Gasteiger partial charge in [0.1, 0.15) is 11.4 Å². The molecule has 2 rings (SSSR count). The molecule has 110 valence electrons. The zero-order valence-electron chi connectivity index (χ0n) is 11.5. The van der Waals surface area contributed by atoms with Crippen LogP contribution in [0.15, 0.2) is 42.5 Å². The van der Waals surface area contributed by atoms with E-state index in [1.165, 1.54) is 12.1 Å². The van der Waals surface area contributed by atoms with Gasteiger partial charge in [-0.25, -0.2) is 0 Å². The van der Waals surface area contributed by atoms with Gasteiger partial charge in [-0.1, -0.05) is 13.0 Å². The molecule has 5 nitrogen and oxygen atoms in total. The van der Waals surface area contributed by atoms with E-state index in [0.717, 1.165) is 18.2 Å². The van der Waals surface area contributed by atoms with Crippen LogP contribution >= 0.6 is 0 Å². The molecule has 0 spiro atoms.